The molecule has 0 bridgehead atoms. The van der Waals surface area contributed by atoms with Crippen molar-refractivity contribution in [3.8, 4) is 0 Å². The van der Waals surface area contributed by atoms with Gasteiger partial charge in [0, 0.05) is 12.6 Å². The van der Waals surface area contributed by atoms with E-state index in [2.05, 4.69) is 0 Å². The minimum Gasteiger partial charge on any atom is -0.366 e. The van der Waals surface area contributed by atoms with Gasteiger partial charge in [-0.05, 0) is 25.8 Å². The highest BCUT2D eigenvalue weighted by atomic mass is 16.5. The molecule has 1 unspecified atom stereocenters. The van der Waals surface area contributed by atoms with Gasteiger partial charge in [0.15, 0.2) is 0 Å². The maximum atomic E-state index is 12.2. The summed E-state index contributed by atoms with van der Waals surface area (Å²) in [6.45, 7) is 1.96. The molecule has 1 heterocycles. The quantitative estimate of drug-likeness (QED) is 0.777. The molecule has 2 N–H and O–H groups in total. The molecule has 0 aromatic heterocycles. The summed E-state index contributed by atoms with van der Waals surface area (Å²) in [5, 5.41) is 0. The van der Waals surface area contributed by atoms with Crippen molar-refractivity contribution in [2.75, 3.05) is 19.7 Å². The van der Waals surface area contributed by atoms with Crippen LogP contribution < -0.4 is 5.73 Å². The molecule has 2 aliphatic rings. The molecular formula is C12H22N2O2. The van der Waals surface area contributed by atoms with E-state index in [1.807, 2.05) is 4.90 Å². The molecule has 92 valence electrons. The first kappa shape index (κ1) is 11.9. The fourth-order valence-electron chi connectivity index (χ4n) is 2.77. The van der Waals surface area contributed by atoms with Crippen molar-refractivity contribution in [3.63, 3.8) is 0 Å². The third-order valence-electron chi connectivity index (χ3n) is 3.65. The van der Waals surface area contributed by atoms with Crippen molar-refractivity contribution >= 4 is 5.91 Å². The summed E-state index contributed by atoms with van der Waals surface area (Å²) in [6, 6.07) is 0.463. The van der Waals surface area contributed by atoms with Gasteiger partial charge in [0.25, 0.3) is 5.91 Å². The van der Waals surface area contributed by atoms with Gasteiger partial charge in [-0.1, -0.05) is 19.3 Å². The molecule has 4 nitrogen and oxygen atoms in total. The molecule has 2 rings (SSSR count). The maximum absolute atomic E-state index is 12.2. The first-order valence-electron chi connectivity index (χ1n) is 6.45. The lowest BCUT2D eigenvalue weighted by atomic mass is 9.93. The lowest BCUT2D eigenvalue weighted by molar-refractivity contribution is -0.157. The second kappa shape index (κ2) is 5.64. The van der Waals surface area contributed by atoms with Crippen molar-refractivity contribution < 1.29 is 9.53 Å². The Morgan fingerprint density at radius 2 is 2.06 bits per heavy atom. The minimum absolute atomic E-state index is 0.170. The Balaban J connectivity index is 1.94. The molecular weight excluding hydrogens is 204 g/mol. The van der Waals surface area contributed by atoms with Crippen molar-refractivity contribution in [2.24, 2.45) is 5.73 Å². The molecule has 0 spiro atoms. The fourth-order valence-corrected chi connectivity index (χ4v) is 2.77. The predicted molar refractivity (Wildman–Crippen MR) is 62.0 cm³/mol. The molecule has 1 aliphatic carbocycles. The smallest absolute Gasteiger partial charge is 0.252 e. The Labute approximate surface area is 97.1 Å². The lowest BCUT2D eigenvalue weighted by Crippen LogP contribution is -2.53. The van der Waals surface area contributed by atoms with Gasteiger partial charge in [-0.15, -0.1) is 0 Å². The average molecular weight is 226 g/mol. The Morgan fingerprint density at radius 3 is 2.75 bits per heavy atom. The van der Waals surface area contributed by atoms with Gasteiger partial charge in [0.1, 0.15) is 6.10 Å². The molecule has 1 aliphatic heterocycles. The van der Waals surface area contributed by atoms with E-state index in [1.165, 1.54) is 32.1 Å². The van der Waals surface area contributed by atoms with Crippen LogP contribution in [0.3, 0.4) is 0 Å². The monoisotopic (exact) mass is 226 g/mol. The van der Waals surface area contributed by atoms with E-state index in [0.717, 1.165) is 6.54 Å². The molecule has 1 atom stereocenters. The zero-order valence-corrected chi connectivity index (χ0v) is 9.86. The van der Waals surface area contributed by atoms with E-state index >= 15 is 0 Å². The molecule has 2 fully saturated rings. The summed E-state index contributed by atoms with van der Waals surface area (Å²) in [4.78, 5) is 14.2. The average Bonchev–Trinajstić information content (AvgIpc) is 2.33. The number of nitrogens with zero attached hydrogens (tertiary/aromatic N) is 1. The van der Waals surface area contributed by atoms with Gasteiger partial charge in [0.05, 0.1) is 6.61 Å². The summed E-state index contributed by atoms with van der Waals surface area (Å²) in [6.07, 6.45) is 6.56. The number of amides is 1. The topological polar surface area (TPSA) is 55.6 Å². The van der Waals surface area contributed by atoms with Crippen molar-refractivity contribution in [3.05, 3.63) is 0 Å². The van der Waals surface area contributed by atoms with Crippen LogP contribution in [0.2, 0.25) is 0 Å². The lowest BCUT2D eigenvalue weighted by Gasteiger charge is -2.39. The van der Waals surface area contributed by atoms with E-state index in [-0.39, 0.29) is 12.0 Å². The molecule has 16 heavy (non-hydrogen) atoms. The number of morpholine rings is 1. The number of carbonyl (C=O) groups excluding carboxylic acids is 1. The Morgan fingerprint density at radius 1 is 1.31 bits per heavy atom. The summed E-state index contributed by atoms with van der Waals surface area (Å²) < 4.78 is 5.48. The second-order valence-electron chi connectivity index (χ2n) is 4.76. The number of nitrogens with two attached hydrogens (primary N) is 1. The Bertz CT molecular complexity index is 237. The molecule has 4 heteroatoms. The zero-order valence-electron chi connectivity index (χ0n) is 9.86. The van der Waals surface area contributed by atoms with Crippen molar-refractivity contribution in [1.29, 1.82) is 0 Å². The summed E-state index contributed by atoms with van der Waals surface area (Å²) >= 11 is 0. The number of rotatable bonds is 3. The predicted octanol–water partition coefficient (Wildman–Crippen LogP) is 0.895. The molecule has 0 aromatic carbocycles. The maximum Gasteiger partial charge on any atom is 0.252 e. The number of ether oxygens (including phenoxy) is 1. The van der Waals surface area contributed by atoms with Crippen LogP contribution in [0.1, 0.15) is 38.5 Å². The first-order chi connectivity index (χ1) is 7.83. The highest BCUT2D eigenvalue weighted by molar-refractivity contribution is 5.81. The van der Waals surface area contributed by atoms with Crippen LogP contribution in [-0.4, -0.2) is 42.6 Å². The highest BCUT2D eigenvalue weighted by Crippen LogP contribution is 2.25. The van der Waals surface area contributed by atoms with Gasteiger partial charge >= 0.3 is 0 Å². The van der Waals surface area contributed by atoms with E-state index in [0.29, 0.717) is 25.6 Å². The Hall–Kier alpha value is -0.610. The second-order valence-corrected chi connectivity index (χ2v) is 4.76. The SMILES string of the molecule is NCCC1OCCN(C2CCCCC2)C1=O. The van der Waals surface area contributed by atoms with Crippen LogP contribution in [0.15, 0.2) is 0 Å². The van der Waals surface area contributed by atoms with E-state index in [4.69, 9.17) is 10.5 Å². The number of hydrogen-bond donors (Lipinski definition) is 1. The third kappa shape index (κ3) is 2.55. The van der Waals surface area contributed by atoms with Crippen LogP contribution in [0.5, 0.6) is 0 Å². The van der Waals surface area contributed by atoms with Crippen LogP contribution in [0.4, 0.5) is 0 Å². The van der Waals surface area contributed by atoms with Crippen molar-refractivity contribution in [2.45, 2.75) is 50.7 Å². The van der Waals surface area contributed by atoms with E-state index in [9.17, 15) is 4.79 Å². The van der Waals surface area contributed by atoms with Gasteiger partial charge in [-0.3, -0.25) is 4.79 Å². The van der Waals surface area contributed by atoms with E-state index < -0.39 is 0 Å². The van der Waals surface area contributed by atoms with E-state index in [1.54, 1.807) is 0 Å². The first-order valence-corrected chi connectivity index (χ1v) is 6.45. The minimum atomic E-state index is -0.277. The molecule has 0 radical (unpaired) electrons. The highest BCUT2D eigenvalue weighted by Gasteiger charge is 2.33. The summed E-state index contributed by atoms with van der Waals surface area (Å²) in [5.74, 6) is 0.170. The van der Waals surface area contributed by atoms with Crippen LogP contribution in [0.25, 0.3) is 0 Å². The Kier molecular flexibility index (Phi) is 4.18. The van der Waals surface area contributed by atoms with Gasteiger partial charge < -0.3 is 15.4 Å². The molecule has 1 amide bonds. The van der Waals surface area contributed by atoms with Crippen LogP contribution in [0, 0.1) is 0 Å². The van der Waals surface area contributed by atoms with Crippen LogP contribution >= 0.6 is 0 Å². The number of carbonyl (C=O) groups is 1. The van der Waals surface area contributed by atoms with Crippen molar-refractivity contribution in [1.82, 2.24) is 4.90 Å². The van der Waals surface area contributed by atoms with Gasteiger partial charge in [-0.25, -0.2) is 0 Å². The fraction of sp³-hybridized carbons (Fsp3) is 0.917. The summed E-state index contributed by atoms with van der Waals surface area (Å²) in [5.41, 5.74) is 5.49. The number of hydrogen-bond acceptors (Lipinski definition) is 3. The third-order valence-corrected chi connectivity index (χ3v) is 3.65. The van der Waals surface area contributed by atoms with Gasteiger partial charge in [-0.2, -0.15) is 0 Å². The molecule has 1 saturated heterocycles. The molecule has 1 saturated carbocycles. The normalized spacial score (nSPS) is 28.4. The standard InChI is InChI=1S/C12H22N2O2/c13-7-6-11-12(15)14(8-9-16-11)10-4-2-1-3-5-10/h10-11H,1-9,13H2. The summed E-state index contributed by atoms with van der Waals surface area (Å²) in [7, 11) is 0. The molecule has 0 aromatic rings. The van der Waals surface area contributed by atoms with Crippen LogP contribution in [-0.2, 0) is 9.53 Å². The largest absolute Gasteiger partial charge is 0.366 e. The zero-order chi connectivity index (χ0) is 11.4. The van der Waals surface area contributed by atoms with Gasteiger partial charge in [0.2, 0.25) is 0 Å².